The summed E-state index contributed by atoms with van der Waals surface area (Å²) in [7, 11) is 0. The van der Waals surface area contributed by atoms with E-state index in [1.165, 1.54) is 54.4 Å². The van der Waals surface area contributed by atoms with Crippen LogP contribution >= 0.6 is 0 Å². The van der Waals surface area contributed by atoms with Crippen molar-refractivity contribution in [2.75, 3.05) is 4.90 Å². The highest BCUT2D eigenvalue weighted by Gasteiger charge is 2.21. The monoisotopic (exact) mass is 687 g/mol. The van der Waals surface area contributed by atoms with E-state index >= 15 is 0 Å². The molecule has 0 aliphatic heterocycles. The van der Waals surface area contributed by atoms with E-state index in [1.807, 2.05) is 0 Å². The average molecular weight is 688 g/mol. The lowest BCUT2D eigenvalue weighted by Gasteiger charge is -2.26. The average Bonchev–Trinajstić information content (AvgIpc) is 3.64. The Morgan fingerprint density at radius 1 is 0.315 bits per heavy atom. The van der Waals surface area contributed by atoms with E-state index in [0.717, 1.165) is 50.0 Å². The minimum Gasteiger partial charge on any atom is -0.453 e. The van der Waals surface area contributed by atoms with Crippen LogP contribution in [0.15, 0.2) is 205 Å². The van der Waals surface area contributed by atoms with E-state index < -0.39 is 0 Å². The summed E-state index contributed by atoms with van der Waals surface area (Å²) >= 11 is 0. The Hall–Kier alpha value is -7.16. The molecule has 0 aliphatic rings. The largest absolute Gasteiger partial charge is 0.453 e. The maximum atomic E-state index is 6.91. The summed E-state index contributed by atoms with van der Waals surface area (Å²) in [4.78, 5) is 2.34. The Balaban J connectivity index is 1.11. The molecule has 0 bridgehead atoms. The fourth-order valence-electron chi connectivity index (χ4n) is 8.48. The van der Waals surface area contributed by atoms with E-state index in [0.29, 0.717) is 0 Å². The summed E-state index contributed by atoms with van der Waals surface area (Å²) in [5.41, 5.74) is 9.63. The van der Waals surface area contributed by atoms with Crippen LogP contribution in [0.3, 0.4) is 0 Å². The number of hydrogen-bond acceptors (Lipinski definition) is 2. The van der Waals surface area contributed by atoms with E-state index in [1.54, 1.807) is 0 Å². The Kier molecular flexibility index (Phi) is 6.90. The van der Waals surface area contributed by atoms with Crippen molar-refractivity contribution in [1.82, 2.24) is 0 Å². The van der Waals surface area contributed by atoms with Gasteiger partial charge in [-0.15, -0.1) is 0 Å². The Morgan fingerprint density at radius 3 is 1.76 bits per heavy atom. The highest BCUT2D eigenvalue weighted by atomic mass is 16.3. The van der Waals surface area contributed by atoms with Crippen molar-refractivity contribution in [3.8, 4) is 22.3 Å². The van der Waals surface area contributed by atoms with Gasteiger partial charge in [0.2, 0.25) is 0 Å². The highest BCUT2D eigenvalue weighted by Crippen LogP contribution is 2.45. The van der Waals surface area contributed by atoms with Gasteiger partial charge >= 0.3 is 0 Å². The van der Waals surface area contributed by atoms with Gasteiger partial charge in [0.1, 0.15) is 5.58 Å². The van der Waals surface area contributed by atoms with Gasteiger partial charge in [-0.2, -0.15) is 0 Å². The van der Waals surface area contributed by atoms with Crippen LogP contribution in [0.2, 0.25) is 0 Å². The first-order chi connectivity index (χ1) is 26.8. The summed E-state index contributed by atoms with van der Waals surface area (Å²) in [5, 5.41) is 12.1. The van der Waals surface area contributed by atoms with Crippen LogP contribution in [0.1, 0.15) is 0 Å². The number of fused-ring (bicyclic) bond motifs is 10. The van der Waals surface area contributed by atoms with Crippen molar-refractivity contribution in [2.45, 2.75) is 0 Å². The first-order valence-electron chi connectivity index (χ1n) is 18.5. The van der Waals surface area contributed by atoms with Crippen LogP contribution in [-0.2, 0) is 0 Å². The molecule has 0 aliphatic carbocycles. The Bertz CT molecular complexity index is 3210. The summed E-state index contributed by atoms with van der Waals surface area (Å²) < 4.78 is 6.91. The summed E-state index contributed by atoms with van der Waals surface area (Å²) in [6.07, 6.45) is 0. The number of nitrogens with zero attached hydrogens (tertiary/aromatic N) is 1. The Morgan fingerprint density at radius 2 is 0.926 bits per heavy atom. The number of anilines is 3. The van der Waals surface area contributed by atoms with Crippen molar-refractivity contribution in [2.24, 2.45) is 0 Å². The maximum Gasteiger partial charge on any atom is 0.159 e. The quantitative estimate of drug-likeness (QED) is 0.168. The molecule has 10 aromatic carbocycles. The molecule has 0 amide bonds. The van der Waals surface area contributed by atoms with Crippen molar-refractivity contribution in [3.63, 3.8) is 0 Å². The van der Waals surface area contributed by atoms with Crippen molar-refractivity contribution < 1.29 is 4.42 Å². The molecule has 0 saturated heterocycles. The van der Waals surface area contributed by atoms with Gasteiger partial charge in [0.15, 0.2) is 5.58 Å². The fraction of sp³-hybridized carbons (Fsp3) is 0. The van der Waals surface area contributed by atoms with E-state index in [4.69, 9.17) is 4.42 Å². The van der Waals surface area contributed by atoms with E-state index in [2.05, 4.69) is 205 Å². The molecule has 0 N–H and O–H groups in total. The zero-order valence-corrected chi connectivity index (χ0v) is 29.4. The number of hydrogen-bond donors (Lipinski definition) is 0. The minimum atomic E-state index is 0.866. The van der Waals surface area contributed by atoms with Gasteiger partial charge in [0, 0.05) is 27.5 Å². The molecule has 0 fully saturated rings. The van der Waals surface area contributed by atoms with Gasteiger partial charge in [0.05, 0.1) is 5.69 Å². The number of rotatable bonds is 5. The van der Waals surface area contributed by atoms with Crippen LogP contribution in [0.25, 0.3) is 87.3 Å². The zero-order chi connectivity index (χ0) is 35.6. The Labute approximate surface area is 312 Å². The summed E-state index contributed by atoms with van der Waals surface area (Å²) in [6.45, 7) is 0. The van der Waals surface area contributed by atoms with Crippen LogP contribution in [0, 0.1) is 0 Å². The predicted octanol–water partition coefficient (Wildman–Crippen LogP) is 15.0. The van der Waals surface area contributed by atoms with Gasteiger partial charge in [-0.25, -0.2) is 0 Å². The lowest BCUT2D eigenvalue weighted by atomic mass is 9.90. The van der Waals surface area contributed by atoms with Gasteiger partial charge in [-0.3, -0.25) is 0 Å². The normalized spacial score (nSPS) is 11.7. The maximum absolute atomic E-state index is 6.91. The molecule has 2 nitrogen and oxygen atoms in total. The molecule has 252 valence electrons. The SMILES string of the molecule is c1ccc(-c2cccc(N(c3ccc(-c4cc5ccc6ccccc6c5c5ccccc45)cc3)c3cccc4c3oc3c5ccccc5ccc43)c2)cc1. The third-order valence-corrected chi connectivity index (χ3v) is 11.0. The second-order valence-corrected chi connectivity index (χ2v) is 14.1. The second kappa shape index (κ2) is 12.2. The van der Waals surface area contributed by atoms with Crippen molar-refractivity contribution >= 4 is 82.1 Å². The first kappa shape index (κ1) is 30.5. The highest BCUT2D eigenvalue weighted by molar-refractivity contribution is 6.23. The molecule has 0 saturated carbocycles. The van der Waals surface area contributed by atoms with Crippen LogP contribution in [0.4, 0.5) is 17.1 Å². The molecule has 0 atom stereocenters. The predicted molar refractivity (Wildman–Crippen MR) is 229 cm³/mol. The molecule has 2 heteroatoms. The van der Waals surface area contributed by atoms with Crippen molar-refractivity contribution in [1.29, 1.82) is 0 Å². The topological polar surface area (TPSA) is 16.4 Å². The van der Waals surface area contributed by atoms with Crippen LogP contribution in [0.5, 0.6) is 0 Å². The molecule has 0 radical (unpaired) electrons. The fourth-order valence-corrected chi connectivity index (χ4v) is 8.48. The molecule has 0 spiro atoms. The summed E-state index contributed by atoms with van der Waals surface area (Å²) in [6, 6.07) is 72.2. The summed E-state index contributed by atoms with van der Waals surface area (Å²) in [5.74, 6) is 0. The van der Waals surface area contributed by atoms with E-state index in [-0.39, 0.29) is 0 Å². The third-order valence-electron chi connectivity index (χ3n) is 11.0. The van der Waals surface area contributed by atoms with Crippen LogP contribution < -0.4 is 4.90 Å². The minimum absolute atomic E-state index is 0.866. The van der Waals surface area contributed by atoms with Crippen LogP contribution in [-0.4, -0.2) is 0 Å². The second-order valence-electron chi connectivity index (χ2n) is 14.1. The standard InChI is InChI=1S/C52H33NO/c1-2-12-34(13-3-1)38-16-10-17-41(32-38)53(49-23-11-22-46-47-31-28-36-15-5-7-19-43(36)51(47)54-52(46)49)40-29-26-37(27-30-40)48-33-39-25-24-35-14-4-6-18-42(35)50(39)45-21-9-8-20-44(45)48/h1-33H. The smallest absolute Gasteiger partial charge is 0.159 e. The molecule has 11 aromatic rings. The van der Waals surface area contributed by atoms with Gasteiger partial charge in [-0.05, 0) is 102 Å². The molecule has 0 unspecified atom stereocenters. The van der Waals surface area contributed by atoms with Crippen molar-refractivity contribution in [3.05, 3.63) is 200 Å². The van der Waals surface area contributed by atoms with E-state index in [9.17, 15) is 0 Å². The number of furan rings is 1. The molecule has 11 rings (SSSR count). The lowest BCUT2D eigenvalue weighted by molar-refractivity contribution is 0.673. The number of para-hydroxylation sites is 1. The zero-order valence-electron chi connectivity index (χ0n) is 29.4. The number of benzene rings is 10. The molecule has 54 heavy (non-hydrogen) atoms. The molecule has 1 aromatic heterocycles. The third kappa shape index (κ3) is 4.81. The molecular formula is C52H33NO. The molecular weight excluding hydrogens is 655 g/mol. The van der Waals surface area contributed by atoms with Gasteiger partial charge in [0.25, 0.3) is 0 Å². The van der Waals surface area contributed by atoms with Gasteiger partial charge in [-0.1, -0.05) is 158 Å². The van der Waals surface area contributed by atoms with Gasteiger partial charge < -0.3 is 9.32 Å². The lowest BCUT2D eigenvalue weighted by Crippen LogP contribution is -2.10. The first-order valence-corrected chi connectivity index (χ1v) is 18.5. The molecule has 1 heterocycles.